The average Bonchev–Trinajstić information content (AvgIpc) is 2.37. The highest BCUT2D eigenvalue weighted by Gasteiger charge is 2.35. The molecule has 0 bridgehead atoms. The summed E-state index contributed by atoms with van der Waals surface area (Å²) in [6, 6.07) is 7.21. The van der Waals surface area contributed by atoms with Crippen molar-refractivity contribution in [2.24, 2.45) is 0 Å². The summed E-state index contributed by atoms with van der Waals surface area (Å²) in [4.78, 5) is 13.0. The van der Waals surface area contributed by atoms with Gasteiger partial charge in [0.2, 0.25) is 0 Å². The zero-order valence-corrected chi connectivity index (χ0v) is 14.1. The molecule has 1 saturated heterocycles. The topological polar surface area (TPSA) is 74.7 Å². The van der Waals surface area contributed by atoms with E-state index in [0.717, 1.165) is 10.0 Å². The molecule has 0 aliphatic carbocycles. The summed E-state index contributed by atoms with van der Waals surface area (Å²) < 4.78 is 24.5. The Morgan fingerprint density at radius 2 is 2.14 bits per heavy atom. The first-order chi connectivity index (χ1) is 9.80. The van der Waals surface area contributed by atoms with E-state index in [9.17, 15) is 13.2 Å². The van der Waals surface area contributed by atoms with E-state index < -0.39 is 21.8 Å². The normalized spacial score (nSPS) is 23.6. The highest BCUT2D eigenvalue weighted by Crippen LogP contribution is 2.31. The molecule has 2 atom stereocenters. The molecule has 0 spiro atoms. The molecule has 5 nitrogen and oxygen atoms in total. The number of halogens is 1. The zero-order valence-electron chi connectivity index (χ0n) is 11.7. The molecule has 21 heavy (non-hydrogen) atoms. The van der Waals surface area contributed by atoms with Gasteiger partial charge in [-0.15, -0.1) is 0 Å². The smallest absolute Gasteiger partial charge is 0.304 e. The SMILES string of the molecule is CC(c1ccccc1Br)N1CCS(=O)(=O)CC1CC(=O)O. The second-order valence-electron chi connectivity index (χ2n) is 5.30. The number of nitrogens with zero attached hydrogens (tertiary/aromatic N) is 1. The van der Waals surface area contributed by atoms with Gasteiger partial charge in [0.05, 0.1) is 17.9 Å². The lowest BCUT2D eigenvalue weighted by Crippen LogP contribution is -2.50. The molecule has 1 aliphatic heterocycles. The van der Waals surface area contributed by atoms with Gasteiger partial charge in [0.25, 0.3) is 0 Å². The minimum Gasteiger partial charge on any atom is -0.481 e. The highest BCUT2D eigenvalue weighted by atomic mass is 79.9. The molecule has 1 fully saturated rings. The fraction of sp³-hybridized carbons (Fsp3) is 0.500. The number of rotatable bonds is 4. The molecule has 0 aromatic heterocycles. The molecule has 1 aromatic rings. The molecule has 2 rings (SSSR count). The van der Waals surface area contributed by atoms with Crippen LogP contribution in [0.4, 0.5) is 0 Å². The monoisotopic (exact) mass is 375 g/mol. The van der Waals surface area contributed by atoms with Crippen LogP contribution in [-0.2, 0) is 14.6 Å². The van der Waals surface area contributed by atoms with E-state index in [1.165, 1.54) is 0 Å². The summed E-state index contributed by atoms with van der Waals surface area (Å²) in [5, 5.41) is 9.03. The van der Waals surface area contributed by atoms with Crippen molar-refractivity contribution in [3.05, 3.63) is 34.3 Å². The van der Waals surface area contributed by atoms with E-state index >= 15 is 0 Å². The van der Waals surface area contributed by atoms with Gasteiger partial charge < -0.3 is 5.11 Å². The van der Waals surface area contributed by atoms with Gasteiger partial charge in [0.15, 0.2) is 9.84 Å². The van der Waals surface area contributed by atoms with Crippen LogP contribution in [0.15, 0.2) is 28.7 Å². The van der Waals surface area contributed by atoms with E-state index in [1.807, 2.05) is 36.1 Å². The van der Waals surface area contributed by atoms with Crippen LogP contribution < -0.4 is 0 Å². The number of benzene rings is 1. The number of hydrogen-bond donors (Lipinski definition) is 1. The predicted octanol–water partition coefficient (Wildman–Crippen LogP) is 2.08. The number of carboxylic acids is 1. The van der Waals surface area contributed by atoms with Gasteiger partial charge in [0.1, 0.15) is 0 Å². The van der Waals surface area contributed by atoms with Gasteiger partial charge >= 0.3 is 5.97 Å². The summed E-state index contributed by atoms with van der Waals surface area (Å²) >= 11 is 3.50. The summed E-state index contributed by atoms with van der Waals surface area (Å²) in [5.74, 6) is -0.979. The van der Waals surface area contributed by atoms with E-state index in [2.05, 4.69) is 15.9 Å². The van der Waals surface area contributed by atoms with Crippen molar-refractivity contribution in [2.45, 2.75) is 25.4 Å². The molecule has 0 radical (unpaired) electrons. The Balaban J connectivity index is 2.27. The van der Waals surface area contributed by atoms with Gasteiger partial charge in [-0.3, -0.25) is 9.69 Å². The number of carbonyl (C=O) groups is 1. The van der Waals surface area contributed by atoms with Crippen LogP contribution in [0.2, 0.25) is 0 Å². The fourth-order valence-electron chi connectivity index (χ4n) is 2.78. The molecule has 0 amide bonds. The lowest BCUT2D eigenvalue weighted by molar-refractivity contribution is -0.138. The van der Waals surface area contributed by atoms with Crippen molar-refractivity contribution in [3.63, 3.8) is 0 Å². The van der Waals surface area contributed by atoms with Crippen LogP contribution in [0.25, 0.3) is 0 Å². The van der Waals surface area contributed by atoms with E-state index in [-0.39, 0.29) is 24.0 Å². The van der Waals surface area contributed by atoms with Crippen LogP contribution >= 0.6 is 15.9 Å². The average molecular weight is 376 g/mol. The molecule has 1 aromatic carbocycles. The lowest BCUT2D eigenvalue weighted by atomic mass is 10.0. The minimum absolute atomic E-state index is 0.0413. The Morgan fingerprint density at radius 1 is 1.48 bits per heavy atom. The third kappa shape index (κ3) is 4.05. The number of hydrogen-bond acceptors (Lipinski definition) is 4. The molecule has 2 unspecified atom stereocenters. The molecule has 1 heterocycles. The predicted molar refractivity (Wildman–Crippen MR) is 84.0 cm³/mol. The quantitative estimate of drug-likeness (QED) is 0.871. The van der Waals surface area contributed by atoms with E-state index in [1.54, 1.807) is 0 Å². The Morgan fingerprint density at radius 3 is 2.76 bits per heavy atom. The van der Waals surface area contributed by atoms with Gasteiger partial charge in [-0.1, -0.05) is 34.1 Å². The second kappa shape index (κ2) is 6.46. The first kappa shape index (κ1) is 16.5. The first-order valence-electron chi connectivity index (χ1n) is 6.72. The highest BCUT2D eigenvalue weighted by molar-refractivity contribution is 9.10. The summed E-state index contributed by atoms with van der Waals surface area (Å²) in [6.45, 7) is 2.34. The standard InChI is InChI=1S/C14H18BrNO4S/c1-10(12-4-2-3-5-13(12)15)16-6-7-21(19,20)9-11(16)8-14(17)18/h2-5,10-11H,6-9H2,1H3,(H,17,18). The van der Waals surface area contributed by atoms with Crippen molar-refractivity contribution in [1.82, 2.24) is 4.90 Å². The Labute approximate surface area is 133 Å². The summed E-state index contributed by atoms with van der Waals surface area (Å²) in [6.07, 6.45) is -0.159. The van der Waals surface area contributed by atoms with Gasteiger partial charge in [-0.2, -0.15) is 0 Å². The lowest BCUT2D eigenvalue weighted by Gasteiger charge is -2.39. The molecule has 116 valence electrons. The van der Waals surface area contributed by atoms with Crippen LogP contribution in [-0.4, -0.2) is 48.5 Å². The number of carboxylic acid groups (broad SMARTS) is 1. The third-order valence-electron chi connectivity index (χ3n) is 3.84. The minimum atomic E-state index is -3.15. The second-order valence-corrected chi connectivity index (χ2v) is 8.38. The van der Waals surface area contributed by atoms with Gasteiger partial charge in [-0.25, -0.2) is 8.42 Å². The van der Waals surface area contributed by atoms with Crippen LogP contribution in [0.3, 0.4) is 0 Å². The van der Waals surface area contributed by atoms with Crippen molar-refractivity contribution in [3.8, 4) is 0 Å². The van der Waals surface area contributed by atoms with E-state index in [0.29, 0.717) is 6.54 Å². The van der Waals surface area contributed by atoms with Crippen molar-refractivity contribution < 1.29 is 18.3 Å². The van der Waals surface area contributed by atoms with Crippen molar-refractivity contribution in [1.29, 1.82) is 0 Å². The molecular weight excluding hydrogens is 358 g/mol. The van der Waals surface area contributed by atoms with Gasteiger partial charge in [0, 0.05) is 23.1 Å². The van der Waals surface area contributed by atoms with Gasteiger partial charge in [-0.05, 0) is 18.6 Å². The van der Waals surface area contributed by atoms with E-state index in [4.69, 9.17) is 5.11 Å². The zero-order chi connectivity index (χ0) is 15.6. The van der Waals surface area contributed by atoms with Crippen LogP contribution in [0.5, 0.6) is 0 Å². The molecular formula is C14H18BrNO4S. The number of aliphatic carboxylic acids is 1. The Bertz CT molecular complexity index is 632. The Kier molecular flexibility index (Phi) is 5.06. The molecule has 1 N–H and O–H groups in total. The number of sulfone groups is 1. The van der Waals surface area contributed by atoms with Crippen molar-refractivity contribution >= 4 is 31.7 Å². The summed E-state index contributed by atoms with van der Waals surface area (Å²) in [5.41, 5.74) is 1.03. The maximum atomic E-state index is 11.8. The largest absolute Gasteiger partial charge is 0.481 e. The molecule has 1 aliphatic rings. The maximum absolute atomic E-state index is 11.8. The summed E-state index contributed by atoms with van der Waals surface area (Å²) in [7, 11) is -3.15. The maximum Gasteiger partial charge on any atom is 0.304 e. The van der Waals surface area contributed by atoms with Crippen LogP contribution in [0.1, 0.15) is 24.9 Å². The third-order valence-corrected chi connectivity index (χ3v) is 6.26. The van der Waals surface area contributed by atoms with Crippen LogP contribution in [0, 0.1) is 0 Å². The Hall–Kier alpha value is -0.920. The molecule has 0 saturated carbocycles. The van der Waals surface area contributed by atoms with Crippen molar-refractivity contribution in [2.75, 3.05) is 18.1 Å². The first-order valence-corrected chi connectivity index (χ1v) is 9.34. The fourth-order valence-corrected chi connectivity index (χ4v) is 4.95. The molecule has 7 heteroatoms.